The number of rotatable bonds is 4. The normalized spacial score (nSPS) is 12.7. The second kappa shape index (κ2) is 5.52. The largest absolute Gasteiger partial charge is 0.450 e. The van der Waals surface area contributed by atoms with Crippen molar-refractivity contribution in [2.45, 2.75) is 26.9 Å². The Labute approximate surface area is 116 Å². The maximum atomic E-state index is 12.2. The second-order valence-electron chi connectivity index (χ2n) is 4.78. The lowest BCUT2D eigenvalue weighted by Crippen LogP contribution is -2.19. The van der Waals surface area contributed by atoms with Gasteiger partial charge in [0, 0.05) is 24.8 Å². The van der Waals surface area contributed by atoms with Crippen molar-refractivity contribution >= 4 is 17.5 Å². The maximum absolute atomic E-state index is 12.2. The molecule has 19 heavy (non-hydrogen) atoms. The SMILES string of the molecule is Cc1nscc1C(=O)O[C@H](c1nccn1C)C(C)C. The summed E-state index contributed by atoms with van der Waals surface area (Å²) < 4.78 is 11.6. The molecule has 2 aromatic rings. The molecule has 2 heterocycles. The van der Waals surface area contributed by atoms with Crippen LogP contribution in [0, 0.1) is 12.8 Å². The van der Waals surface area contributed by atoms with E-state index in [1.165, 1.54) is 11.5 Å². The zero-order chi connectivity index (χ0) is 14.0. The Hall–Kier alpha value is -1.69. The molecule has 0 fully saturated rings. The smallest absolute Gasteiger partial charge is 0.341 e. The van der Waals surface area contributed by atoms with Gasteiger partial charge in [-0.25, -0.2) is 9.78 Å². The highest BCUT2D eigenvalue weighted by Crippen LogP contribution is 2.26. The zero-order valence-corrected chi connectivity index (χ0v) is 12.3. The Bertz CT molecular complexity index is 574. The molecule has 0 amide bonds. The zero-order valence-electron chi connectivity index (χ0n) is 11.5. The van der Waals surface area contributed by atoms with Crippen molar-refractivity contribution in [3.8, 4) is 0 Å². The monoisotopic (exact) mass is 279 g/mol. The quantitative estimate of drug-likeness (QED) is 0.807. The molecule has 0 unspecified atom stereocenters. The number of hydrogen-bond acceptors (Lipinski definition) is 5. The number of esters is 1. The van der Waals surface area contributed by atoms with Gasteiger partial charge >= 0.3 is 5.97 Å². The highest BCUT2D eigenvalue weighted by molar-refractivity contribution is 7.03. The summed E-state index contributed by atoms with van der Waals surface area (Å²) in [6.07, 6.45) is 3.19. The van der Waals surface area contributed by atoms with Gasteiger partial charge in [-0.2, -0.15) is 4.37 Å². The minimum absolute atomic E-state index is 0.150. The van der Waals surface area contributed by atoms with E-state index < -0.39 is 0 Å². The first-order valence-electron chi connectivity index (χ1n) is 6.10. The van der Waals surface area contributed by atoms with E-state index in [1.807, 2.05) is 31.7 Å². The van der Waals surface area contributed by atoms with Gasteiger partial charge in [-0.15, -0.1) is 0 Å². The van der Waals surface area contributed by atoms with Crippen LogP contribution in [0.4, 0.5) is 0 Å². The van der Waals surface area contributed by atoms with Gasteiger partial charge in [0.15, 0.2) is 6.10 Å². The van der Waals surface area contributed by atoms with E-state index >= 15 is 0 Å². The lowest BCUT2D eigenvalue weighted by molar-refractivity contribution is 0.0141. The Morgan fingerprint density at radius 2 is 2.21 bits per heavy atom. The standard InChI is InChI=1S/C13H17N3O2S/c1-8(2)11(12-14-5-6-16(12)4)18-13(17)10-7-19-15-9(10)3/h5-8,11H,1-4H3/t11-/m0/s1. The minimum atomic E-state index is -0.355. The van der Waals surface area contributed by atoms with Gasteiger partial charge in [-0.05, 0) is 24.4 Å². The van der Waals surface area contributed by atoms with Gasteiger partial charge in [0.1, 0.15) is 5.82 Å². The average molecular weight is 279 g/mol. The summed E-state index contributed by atoms with van der Waals surface area (Å²) in [5.74, 6) is 0.564. The van der Waals surface area contributed by atoms with E-state index in [2.05, 4.69) is 9.36 Å². The number of aromatic nitrogens is 3. The topological polar surface area (TPSA) is 57.0 Å². The second-order valence-corrected chi connectivity index (χ2v) is 5.41. The third-order valence-electron chi connectivity index (χ3n) is 2.92. The Kier molecular flexibility index (Phi) is 3.99. The van der Waals surface area contributed by atoms with Crippen LogP contribution in [0.15, 0.2) is 17.8 Å². The number of imidazole rings is 1. The maximum Gasteiger partial charge on any atom is 0.341 e. The van der Waals surface area contributed by atoms with Crippen LogP contribution in [0.25, 0.3) is 0 Å². The van der Waals surface area contributed by atoms with Gasteiger partial charge < -0.3 is 9.30 Å². The van der Waals surface area contributed by atoms with Crippen LogP contribution < -0.4 is 0 Å². The molecule has 1 atom stereocenters. The first-order chi connectivity index (χ1) is 9.00. The summed E-state index contributed by atoms with van der Waals surface area (Å²) in [6.45, 7) is 5.81. The van der Waals surface area contributed by atoms with E-state index in [0.29, 0.717) is 11.3 Å². The predicted molar refractivity (Wildman–Crippen MR) is 73.1 cm³/mol. The highest BCUT2D eigenvalue weighted by Gasteiger charge is 2.26. The van der Waals surface area contributed by atoms with E-state index in [-0.39, 0.29) is 18.0 Å². The molecule has 2 rings (SSSR count). The lowest BCUT2D eigenvalue weighted by atomic mass is 10.1. The molecule has 0 radical (unpaired) electrons. The van der Waals surface area contributed by atoms with Gasteiger partial charge in [-0.3, -0.25) is 0 Å². The number of nitrogens with zero attached hydrogens (tertiary/aromatic N) is 3. The van der Waals surface area contributed by atoms with Crippen molar-refractivity contribution in [3.05, 3.63) is 34.9 Å². The molecule has 0 N–H and O–H groups in total. The average Bonchev–Trinajstić information content (AvgIpc) is 2.94. The van der Waals surface area contributed by atoms with Crippen LogP contribution in [-0.4, -0.2) is 19.9 Å². The first kappa shape index (κ1) is 13.7. The van der Waals surface area contributed by atoms with Crippen molar-refractivity contribution in [3.63, 3.8) is 0 Å². The van der Waals surface area contributed by atoms with Crippen LogP contribution >= 0.6 is 11.5 Å². The number of carbonyl (C=O) groups is 1. The van der Waals surface area contributed by atoms with Gasteiger partial charge in [-0.1, -0.05) is 13.8 Å². The summed E-state index contributed by atoms with van der Waals surface area (Å²) in [5, 5.41) is 1.72. The molecule has 0 spiro atoms. The molecule has 0 aliphatic carbocycles. The summed E-state index contributed by atoms with van der Waals surface area (Å²) >= 11 is 1.26. The van der Waals surface area contributed by atoms with Crippen LogP contribution in [0.5, 0.6) is 0 Å². The molecule has 0 aliphatic rings. The third-order valence-corrected chi connectivity index (χ3v) is 3.64. The molecule has 102 valence electrons. The van der Waals surface area contributed by atoms with Crippen molar-refractivity contribution < 1.29 is 9.53 Å². The van der Waals surface area contributed by atoms with Crippen molar-refractivity contribution in [2.24, 2.45) is 13.0 Å². The van der Waals surface area contributed by atoms with Gasteiger partial charge in [0.25, 0.3) is 0 Å². The van der Waals surface area contributed by atoms with Crippen molar-refractivity contribution in [1.82, 2.24) is 13.9 Å². The van der Waals surface area contributed by atoms with Crippen LogP contribution in [0.3, 0.4) is 0 Å². The molecule has 6 heteroatoms. The minimum Gasteiger partial charge on any atom is -0.450 e. The summed E-state index contributed by atoms with van der Waals surface area (Å²) in [4.78, 5) is 16.4. The molecule has 0 saturated carbocycles. The molecule has 0 saturated heterocycles. The third kappa shape index (κ3) is 2.84. The van der Waals surface area contributed by atoms with Crippen LogP contribution in [0.1, 0.15) is 41.8 Å². The Morgan fingerprint density at radius 1 is 1.47 bits per heavy atom. The predicted octanol–water partition coefficient (Wildman–Crippen LogP) is 2.74. The molecular formula is C13H17N3O2S. The highest BCUT2D eigenvalue weighted by atomic mass is 32.1. The van der Waals surface area contributed by atoms with E-state index in [9.17, 15) is 4.79 Å². The molecule has 0 aromatic carbocycles. The Balaban J connectivity index is 2.21. The van der Waals surface area contributed by atoms with Crippen molar-refractivity contribution in [1.29, 1.82) is 0 Å². The van der Waals surface area contributed by atoms with E-state index in [0.717, 1.165) is 5.82 Å². The van der Waals surface area contributed by atoms with Gasteiger partial charge in [0.05, 0.1) is 11.3 Å². The fourth-order valence-electron chi connectivity index (χ4n) is 1.81. The van der Waals surface area contributed by atoms with Crippen molar-refractivity contribution in [2.75, 3.05) is 0 Å². The molecule has 5 nitrogen and oxygen atoms in total. The molecule has 0 bridgehead atoms. The van der Waals surface area contributed by atoms with Crippen LogP contribution in [0.2, 0.25) is 0 Å². The van der Waals surface area contributed by atoms with Crippen LogP contribution in [-0.2, 0) is 11.8 Å². The summed E-state index contributed by atoms with van der Waals surface area (Å²) in [7, 11) is 1.89. The lowest BCUT2D eigenvalue weighted by Gasteiger charge is -2.20. The Morgan fingerprint density at radius 3 is 2.68 bits per heavy atom. The number of aryl methyl sites for hydroxylation is 2. The number of ether oxygens (including phenoxy) is 1. The fourth-order valence-corrected chi connectivity index (χ4v) is 2.49. The van der Waals surface area contributed by atoms with Gasteiger partial charge in [0.2, 0.25) is 0 Å². The fraction of sp³-hybridized carbons (Fsp3) is 0.462. The molecule has 0 aliphatic heterocycles. The first-order valence-corrected chi connectivity index (χ1v) is 6.93. The number of hydrogen-bond donors (Lipinski definition) is 0. The summed E-state index contributed by atoms with van der Waals surface area (Å²) in [6, 6.07) is 0. The van der Waals surface area contributed by atoms with E-state index in [4.69, 9.17) is 4.74 Å². The van der Waals surface area contributed by atoms with E-state index in [1.54, 1.807) is 18.5 Å². The summed E-state index contributed by atoms with van der Waals surface area (Å²) in [5.41, 5.74) is 1.24. The molecule has 2 aromatic heterocycles. The number of carbonyl (C=O) groups excluding carboxylic acids is 1. The molecular weight excluding hydrogens is 262 g/mol.